The first-order valence-corrected chi connectivity index (χ1v) is 6.23. The van der Waals surface area contributed by atoms with Gasteiger partial charge >= 0.3 is 12.1 Å². The minimum absolute atomic E-state index is 0.112. The van der Waals surface area contributed by atoms with E-state index in [9.17, 15) is 9.59 Å². The van der Waals surface area contributed by atoms with E-state index < -0.39 is 17.7 Å². The minimum atomic E-state index is -0.810. The molecule has 0 fully saturated rings. The minimum Gasteiger partial charge on any atom is -0.508 e. The molecule has 0 aliphatic heterocycles. The third kappa shape index (κ3) is 6.63. The SMILES string of the molecule is CC(C)(C)OC(=O)NOC(=O)CCc1ccc(O)cc1. The molecule has 0 heterocycles. The van der Waals surface area contributed by atoms with Crippen LogP contribution in [0, 0.1) is 0 Å². The molecule has 0 spiro atoms. The van der Waals surface area contributed by atoms with Gasteiger partial charge in [-0.1, -0.05) is 12.1 Å². The maximum absolute atomic E-state index is 11.4. The van der Waals surface area contributed by atoms with Crippen LogP contribution in [0.2, 0.25) is 0 Å². The predicted molar refractivity (Wildman–Crippen MR) is 71.9 cm³/mol. The molecule has 1 rings (SSSR count). The van der Waals surface area contributed by atoms with Crippen molar-refractivity contribution in [2.45, 2.75) is 39.2 Å². The molecule has 0 aromatic heterocycles. The number of nitrogens with one attached hydrogen (secondary N) is 1. The van der Waals surface area contributed by atoms with Crippen LogP contribution in [-0.4, -0.2) is 22.8 Å². The monoisotopic (exact) mass is 281 g/mol. The first-order valence-electron chi connectivity index (χ1n) is 6.23. The molecule has 1 aromatic rings. The van der Waals surface area contributed by atoms with Gasteiger partial charge in [-0.25, -0.2) is 9.59 Å². The zero-order valence-electron chi connectivity index (χ0n) is 11.8. The third-order valence-corrected chi connectivity index (χ3v) is 2.20. The number of benzene rings is 1. The zero-order valence-corrected chi connectivity index (χ0v) is 11.8. The van der Waals surface area contributed by atoms with Gasteiger partial charge in [-0.3, -0.25) is 0 Å². The Labute approximate surface area is 117 Å². The molecule has 2 N–H and O–H groups in total. The van der Waals surface area contributed by atoms with Crippen molar-refractivity contribution in [3.05, 3.63) is 29.8 Å². The predicted octanol–water partition coefficient (Wildman–Crippen LogP) is 2.31. The highest BCUT2D eigenvalue weighted by Gasteiger charge is 2.17. The largest absolute Gasteiger partial charge is 0.508 e. The number of hydrogen-bond donors (Lipinski definition) is 2. The van der Waals surface area contributed by atoms with E-state index in [0.717, 1.165) is 5.56 Å². The second-order valence-electron chi connectivity index (χ2n) is 5.24. The Morgan fingerprint density at radius 2 is 1.80 bits per heavy atom. The van der Waals surface area contributed by atoms with Crippen molar-refractivity contribution < 1.29 is 24.3 Å². The average molecular weight is 281 g/mol. The summed E-state index contributed by atoms with van der Waals surface area (Å²) in [6.07, 6.45) is -0.245. The van der Waals surface area contributed by atoms with Gasteiger partial charge in [-0.15, -0.1) is 5.48 Å². The molecule has 0 saturated heterocycles. The molecule has 6 nitrogen and oxygen atoms in total. The van der Waals surface area contributed by atoms with Crippen LogP contribution < -0.4 is 5.48 Å². The zero-order chi connectivity index (χ0) is 15.2. The number of carbonyl (C=O) groups is 2. The normalized spacial score (nSPS) is 10.8. The number of aromatic hydroxyl groups is 1. The van der Waals surface area contributed by atoms with Crippen molar-refractivity contribution in [3.63, 3.8) is 0 Å². The van der Waals surface area contributed by atoms with E-state index in [0.29, 0.717) is 6.42 Å². The fourth-order valence-electron chi connectivity index (χ4n) is 1.36. The van der Waals surface area contributed by atoms with Gasteiger partial charge in [-0.2, -0.15) is 0 Å². The van der Waals surface area contributed by atoms with Crippen LogP contribution in [0.4, 0.5) is 4.79 Å². The second kappa shape index (κ2) is 6.79. The molecular weight excluding hydrogens is 262 g/mol. The molecule has 110 valence electrons. The number of amides is 1. The highest BCUT2D eigenvalue weighted by atomic mass is 16.7. The quantitative estimate of drug-likeness (QED) is 0.830. The first-order chi connectivity index (χ1) is 9.26. The van der Waals surface area contributed by atoms with Crippen molar-refractivity contribution >= 4 is 12.1 Å². The van der Waals surface area contributed by atoms with Gasteiger partial charge in [0.05, 0.1) is 6.42 Å². The average Bonchev–Trinajstić information content (AvgIpc) is 2.33. The number of phenolic OH excluding ortho intramolecular Hbond substituents is 1. The summed E-state index contributed by atoms with van der Waals surface area (Å²) in [4.78, 5) is 27.2. The van der Waals surface area contributed by atoms with Crippen LogP contribution in [0.1, 0.15) is 32.8 Å². The van der Waals surface area contributed by atoms with Crippen molar-refractivity contribution in [3.8, 4) is 5.75 Å². The van der Waals surface area contributed by atoms with Gasteiger partial charge in [0.1, 0.15) is 11.4 Å². The van der Waals surface area contributed by atoms with E-state index in [1.54, 1.807) is 45.0 Å². The summed E-state index contributed by atoms with van der Waals surface area (Å²) >= 11 is 0. The van der Waals surface area contributed by atoms with Crippen LogP contribution in [-0.2, 0) is 20.8 Å². The Hall–Kier alpha value is -2.24. The molecule has 0 radical (unpaired) electrons. The van der Waals surface area contributed by atoms with Crippen LogP contribution in [0.15, 0.2) is 24.3 Å². The molecule has 0 atom stereocenters. The third-order valence-electron chi connectivity index (χ3n) is 2.20. The van der Waals surface area contributed by atoms with E-state index in [1.807, 2.05) is 5.48 Å². The summed E-state index contributed by atoms with van der Waals surface area (Å²) in [5.41, 5.74) is 2.17. The molecule has 6 heteroatoms. The van der Waals surface area contributed by atoms with Gasteiger partial charge in [-0.05, 0) is 44.9 Å². The maximum Gasteiger partial charge on any atom is 0.441 e. The number of hydrogen-bond acceptors (Lipinski definition) is 5. The number of phenols is 1. The van der Waals surface area contributed by atoms with Gasteiger partial charge in [0.2, 0.25) is 0 Å². The van der Waals surface area contributed by atoms with E-state index in [4.69, 9.17) is 9.84 Å². The lowest BCUT2D eigenvalue weighted by molar-refractivity contribution is -0.150. The second-order valence-corrected chi connectivity index (χ2v) is 5.24. The molecule has 0 aliphatic rings. The smallest absolute Gasteiger partial charge is 0.441 e. The van der Waals surface area contributed by atoms with Gasteiger partial charge in [0.25, 0.3) is 0 Å². The molecular formula is C14H19NO5. The van der Waals surface area contributed by atoms with Crippen LogP contribution in [0.5, 0.6) is 5.75 Å². The summed E-state index contributed by atoms with van der Waals surface area (Å²) in [6.45, 7) is 5.12. The lowest BCUT2D eigenvalue weighted by atomic mass is 10.1. The summed E-state index contributed by atoms with van der Waals surface area (Å²) < 4.78 is 4.91. The van der Waals surface area contributed by atoms with Crippen LogP contribution in [0.25, 0.3) is 0 Å². The number of aryl methyl sites for hydroxylation is 1. The van der Waals surface area contributed by atoms with Crippen molar-refractivity contribution in [1.29, 1.82) is 0 Å². The Morgan fingerprint density at radius 1 is 1.20 bits per heavy atom. The summed E-state index contributed by atoms with van der Waals surface area (Å²) in [7, 11) is 0. The summed E-state index contributed by atoms with van der Waals surface area (Å²) in [5.74, 6) is -0.396. The topological polar surface area (TPSA) is 84.9 Å². The Balaban J connectivity index is 2.27. The number of rotatable bonds is 3. The molecule has 20 heavy (non-hydrogen) atoms. The fraction of sp³-hybridized carbons (Fsp3) is 0.429. The van der Waals surface area contributed by atoms with Crippen LogP contribution >= 0.6 is 0 Å². The highest BCUT2D eigenvalue weighted by molar-refractivity contribution is 5.73. The highest BCUT2D eigenvalue weighted by Crippen LogP contribution is 2.11. The summed E-state index contributed by atoms with van der Waals surface area (Å²) in [6, 6.07) is 6.51. The molecule has 0 unspecified atom stereocenters. The number of hydroxylamine groups is 1. The Kier molecular flexibility index (Phi) is 5.37. The molecule has 0 saturated carbocycles. The van der Waals surface area contributed by atoms with Gasteiger partial charge < -0.3 is 14.7 Å². The molecule has 0 bridgehead atoms. The number of carbonyl (C=O) groups excluding carboxylic acids is 2. The first kappa shape index (κ1) is 15.8. The Bertz CT molecular complexity index is 461. The van der Waals surface area contributed by atoms with Crippen LogP contribution in [0.3, 0.4) is 0 Å². The van der Waals surface area contributed by atoms with E-state index in [-0.39, 0.29) is 12.2 Å². The lowest BCUT2D eigenvalue weighted by Gasteiger charge is -2.19. The van der Waals surface area contributed by atoms with E-state index >= 15 is 0 Å². The van der Waals surface area contributed by atoms with Gasteiger partial charge in [0.15, 0.2) is 0 Å². The Morgan fingerprint density at radius 3 is 2.35 bits per heavy atom. The lowest BCUT2D eigenvalue weighted by Crippen LogP contribution is -2.34. The van der Waals surface area contributed by atoms with E-state index in [1.165, 1.54) is 0 Å². The molecule has 1 amide bonds. The van der Waals surface area contributed by atoms with E-state index in [2.05, 4.69) is 4.84 Å². The standard InChI is InChI=1S/C14H19NO5/c1-14(2,3)19-13(18)15-20-12(17)9-6-10-4-7-11(16)8-5-10/h4-5,7-8,16H,6,9H2,1-3H3,(H,15,18). The summed E-state index contributed by atoms with van der Waals surface area (Å²) in [5, 5.41) is 9.12. The van der Waals surface area contributed by atoms with Crippen molar-refractivity contribution in [2.24, 2.45) is 0 Å². The van der Waals surface area contributed by atoms with Crippen molar-refractivity contribution in [2.75, 3.05) is 0 Å². The van der Waals surface area contributed by atoms with Crippen molar-refractivity contribution in [1.82, 2.24) is 5.48 Å². The maximum atomic E-state index is 11.4. The molecule has 1 aromatic carbocycles. The number of ether oxygens (including phenoxy) is 1. The van der Waals surface area contributed by atoms with Gasteiger partial charge in [0, 0.05) is 0 Å². The molecule has 0 aliphatic carbocycles. The fourth-order valence-corrected chi connectivity index (χ4v) is 1.36.